The number of carbonyl (C=O) groups is 2. The molecular weight excluding hydrogens is 328 g/mol. The van der Waals surface area contributed by atoms with Gasteiger partial charge < -0.3 is 9.47 Å². The molecule has 0 aliphatic heterocycles. The molecular formula is C19H23ClO4. The van der Waals surface area contributed by atoms with Crippen molar-refractivity contribution in [3.63, 3.8) is 0 Å². The minimum atomic E-state index is -0.696. The summed E-state index contributed by atoms with van der Waals surface area (Å²) >= 11 is 6.23. The molecule has 0 saturated carbocycles. The summed E-state index contributed by atoms with van der Waals surface area (Å²) in [5, 5.41) is -0.696. The molecule has 0 unspecified atom stereocenters. The highest BCUT2D eigenvalue weighted by atomic mass is 35.5. The van der Waals surface area contributed by atoms with E-state index < -0.39 is 11.3 Å². The maximum atomic E-state index is 12.1. The molecule has 1 rings (SSSR count). The van der Waals surface area contributed by atoms with Crippen molar-refractivity contribution in [3.05, 3.63) is 60.2 Å². The van der Waals surface area contributed by atoms with Crippen LogP contribution in [-0.4, -0.2) is 30.3 Å². The fourth-order valence-corrected chi connectivity index (χ4v) is 2.17. The Kier molecular flexibility index (Phi) is 9.05. The number of hydrogen-bond acceptors (Lipinski definition) is 4. The zero-order chi connectivity index (χ0) is 17.9. The number of alkyl halides is 1. The summed E-state index contributed by atoms with van der Waals surface area (Å²) in [6.07, 6.45) is 5.31. The van der Waals surface area contributed by atoms with Crippen molar-refractivity contribution in [1.29, 1.82) is 0 Å². The van der Waals surface area contributed by atoms with E-state index in [1.807, 2.05) is 44.2 Å². The van der Waals surface area contributed by atoms with Crippen LogP contribution in [-0.2, 0) is 25.7 Å². The molecule has 5 heteroatoms. The molecule has 0 amide bonds. The average molecular weight is 351 g/mol. The molecule has 3 atom stereocenters. The van der Waals surface area contributed by atoms with Crippen molar-refractivity contribution in [3.8, 4) is 0 Å². The number of allylic oxidation sites excluding steroid dienone is 3. The van der Waals surface area contributed by atoms with Gasteiger partial charge in [-0.25, -0.2) is 4.79 Å². The molecule has 0 radical (unpaired) electrons. The Morgan fingerprint density at radius 1 is 1.12 bits per heavy atom. The summed E-state index contributed by atoms with van der Waals surface area (Å²) < 4.78 is 10.2. The van der Waals surface area contributed by atoms with E-state index in [1.54, 1.807) is 0 Å². The lowest BCUT2D eigenvalue weighted by Crippen LogP contribution is -2.30. The third-order valence-electron chi connectivity index (χ3n) is 3.63. The van der Waals surface area contributed by atoms with E-state index in [1.165, 1.54) is 31.4 Å². The van der Waals surface area contributed by atoms with Crippen LogP contribution in [0.3, 0.4) is 0 Å². The van der Waals surface area contributed by atoms with Gasteiger partial charge >= 0.3 is 5.97 Å². The van der Waals surface area contributed by atoms with Gasteiger partial charge in [0.1, 0.15) is 5.38 Å². The maximum absolute atomic E-state index is 12.1. The standard InChI is InChI=1S/C19H23ClO4/c1-14(15(2)24-13-16-9-5-4-6-10-16)19(20)17(21)11-7-8-12-18(22)23-3/h4-12,14-15,19H,13H2,1-3H3/b11-7+,12-8+/t14-,15-,19+/m0/s1. The second-order valence-corrected chi connectivity index (χ2v) is 5.88. The van der Waals surface area contributed by atoms with Crippen molar-refractivity contribution in [2.75, 3.05) is 7.11 Å². The van der Waals surface area contributed by atoms with Crippen molar-refractivity contribution in [1.82, 2.24) is 0 Å². The summed E-state index contributed by atoms with van der Waals surface area (Å²) in [4.78, 5) is 23.0. The van der Waals surface area contributed by atoms with Gasteiger partial charge in [-0.1, -0.05) is 49.4 Å². The highest BCUT2D eigenvalue weighted by Gasteiger charge is 2.26. The lowest BCUT2D eigenvalue weighted by Gasteiger charge is -2.23. The zero-order valence-corrected chi connectivity index (χ0v) is 14.9. The van der Waals surface area contributed by atoms with Crippen LogP contribution in [0.5, 0.6) is 0 Å². The van der Waals surface area contributed by atoms with Crippen LogP contribution >= 0.6 is 11.6 Å². The number of carbonyl (C=O) groups excluding carboxylic acids is 2. The molecule has 0 fully saturated rings. The van der Waals surface area contributed by atoms with E-state index >= 15 is 0 Å². The minimum absolute atomic E-state index is 0.155. The van der Waals surface area contributed by atoms with Gasteiger partial charge in [-0.15, -0.1) is 11.6 Å². The number of esters is 1. The zero-order valence-electron chi connectivity index (χ0n) is 14.1. The summed E-state index contributed by atoms with van der Waals surface area (Å²) in [6.45, 7) is 4.25. The normalized spacial score (nSPS) is 15.3. The van der Waals surface area contributed by atoms with Gasteiger partial charge in [0.15, 0.2) is 5.78 Å². The number of benzene rings is 1. The lowest BCUT2D eigenvalue weighted by atomic mass is 9.98. The van der Waals surface area contributed by atoms with Gasteiger partial charge in [0.2, 0.25) is 0 Å². The SMILES string of the molecule is COC(=O)/C=C/C=C/C(=O)[C@H](Cl)[C@@H](C)[C@H](C)OCc1ccccc1. The fourth-order valence-electron chi connectivity index (χ4n) is 1.90. The van der Waals surface area contributed by atoms with E-state index in [0.29, 0.717) is 6.61 Å². The van der Waals surface area contributed by atoms with E-state index in [4.69, 9.17) is 16.3 Å². The van der Waals surface area contributed by atoms with Crippen LogP contribution in [0.4, 0.5) is 0 Å². The predicted octanol–water partition coefficient (Wildman–Crippen LogP) is 3.69. The van der Waals surface area contributed by atoms with Crippen LogP contribution < -0.4 is 0 Å². The minimum Gasteiger partial charge on any atom is -0.466 e. The number of ether oxygens (including phenoxy) is 2. The topological polar surface area (TPSA) is 52.6 Å². The van der Waals surface area contributed by atoms with Gasteiger partial charge in [0.05, 0.1) is 19.8 Å². The highest BCUT2D eigenvalue weighted by molar-refractivity contribution is 6.33. The van der Waals surface area contributed by atoms with Crippen molar-refractivity contribution in [2.24, 2.45) is 5.92 Å². The fraction of sp³-hybridized carbons (Fsp3) is 0.368. The molecule has 4 nitrogen and oxygen atoms in total. The summed E-state index contributed by atoms with van der Waals surface area (Å²) in [5.74, 6) is -0.864. The number of rotatable bonds is 9. The van der Waals surface area contributed by atoms with Gasteiger partial charge in [-0.3, -0.25) is 4.79 Å². The monoisotopic (exact) mass is 350 g/mol. The molecule has 0 aliphatic rings. The Hall–Kier alpha value is -1.91. The van der Waals surface area contributed by atoms with Crippen LogP contribution in [0.25, 0.3) is 0 Å². The molecule has 24 heavy (non-hydrogen) atoms. The third-order valence-corrected chi connectivity index (χ3v) is 4.25. The Balaban J connectivity index is 2.48. The molecule has 0 saturated heterocycles. The van der Waals surface area contributed by atoms with Gasteiger partial charge in [-0.2, -0.15) is 0 Å². The molecule has 130 valence electrons. The molecule has 0 spiro atoms. The first-order valence-corrected chi connectivity index (χ1v) is 8.15. The average Bonchev–Trinajstić information content (AvgIpc) is 2.62. The number of hydrogen-bond donors (Lipinski definition) is 0. The Morgan fingerprint density at radius 2 is 1.75 bits per heavy atom. The number of ketones is 1. The second-order valence-electron chi connectivity index (χ2n) is 5.41. The van der Waals surface area contributed by atoms with Crippen LogP contribution in [0.2, 0.25) is 0 Å². The molecule has 1 aromatic carbocycles. The maximum Gasteiger partial charge on any atom is 0.330 e. The van der Waals surface area contributed by atoms with Gasteiger partial charge in [0.25, 0.3) is 0 Å². The quantitative estimate of drug-likeness (QED) is 0.295. The second kappa shape index (κ2) is 10.8. The molecule has 0 aromatic heterocycles. The molecule has 1 aromatic rings. The first kappa shape index (κ1) is 20.1. The van der Waals surface area contributed by atoms with E-state index in [9.17, 15) is 9.59 Å². The molecule has 0 aliphatic carbocycles. The van der Waals surface area contributed by atoms with Crippen LogP contribution in [0.15, 0.2) is 54.6 Å². The Labute approximate surface area is 148 Å². The van der Waals surface area contributed by atoms with Crippen molar-refractivity contribution in [2.45, 2.75) is 31.9 Å². The number of methoxy groups -OCH3 is 1. The number of halogens is 1. The highest BCUT2D eigenvalue weighted by Crippen LogP contribution is 2.20. The van der Waals surface area contributed by atoms with E-state index in [-0.39, 0.29) is 17.8 Å². The summed E-state index contributed by atoms with van der Waals surface area (Å²) in [5.41, 5.74) is 1.07. The molecule has 0 bridgehead atoms. The molecule has 0 N–H and O–H groups in total. The van der Waals surface area contributed by atoms with Crippen LogP contribution in [0, 0.1) is 5.92 Å². The van der Waals surface area contributed by atoms with Crippen molar-refractivity contribution < 1.29 is 19.1 Å². The lowest BCUT2D eigenvalue weighted by molar-refractivity contribution is -0.134. The van der Waals surface area contributed by atoms with E-state index in [2.05, 4.69) is 4.74 Å². The first-order valence-electron chi connectivity index (χ1n) is 7.71. The Morgan fingerprint density at radius 3 is 2.38 bits per heavy atom. The summed E-state index contributed by atoms with van der Waals surface area (Å²) in [7, 11) is 1.29. The first-order chi connectivity index (χ1) is 11.5. The molecule has 0 heterocycles. The van der Waals surface area contributed by atoms with Gasteiger partial charge in [0, 0.05) is 12.0 Å². The van der Waals surface area contributed by atoms with Crippen LogP contribution in [0.1, 0.15) is 19.4 Å². The smallest absolute Gasteiger partial charge is 0.330 e. The van der Waals surface area contributed by atoms with Crippen molar-refractivity contribution >= 4 is 23.4 Å². The Bertz CT molecular complexity index is 580. The third kappa shape index (κ3) is 7.11. The largest absolute Gasteiger partial charge is 0.466 e. The van der Waals surface area contributed by atoms with E-state index in [0.717, 1.165) is 5.56 Å². The predicted molar refractivity (Wildman–Crippen MR) is 94.8 cm³/mol. The summed E-state index contributed by atoms with van der Waals surface area (Å²) in [6, 6.07) is 9.82. The van der Waals surface area contributed by atoms with Gasteiger partial charge in [-0.05, 0) is 18.6 Å².